The minimum absolute atomic E-state index is 0.572. The van der Waals surface area contributed by atoms with Crippen molar-refractivity contribution in [2.24, 2.45) is 0 Å². The molecule has 2 aromatic rings. The summed E-state index contributed by atoms with van der Waals surface area (Å²) in [4.78, 5) is 4.84. The molecule has 0 bridgehead atoms. The van der Waals surface area contributed by atoms with E-state index in [1.807, 2.05) is 12.3 Å². The third-order valence-corrected chi connectivity index (χ3v) is 11.5. The molecule has 0 atom stereocenters. The summed E-state index contributed by atoms with van der Waals surface area (Å²) < 4.78 is 0. The van der Waals surface area contributed by atoms with E-state index in [1.165, 1.54) is 16.1 Å². The molecule has 3 heteroatoms. The van der Waals surface area contributed by atoms with Crippen molar-refractivity contribution in [3.05, 3.63) is 54.2 Å². The number of hydrogen-bond acceptors (Lipinski definition) is 2. The molecule has 0 saturated carbocycles. The SMILES string of the molecule is CC(C)[Si](c1ccccn1)(c1ccccc1CCCCC#N)C(C)C. The third kappa shape index (κ3) is 4.02. The van der Waals surface area contributed by atoms with Crippen LogP contribution in [0, 0.1) is 11.3 Å². The van der Waals surface area contributed by atoms with Gasteiger partial charge in [-0.25, -0.2) is 0 Å². The number of pyridine rings is 1. The Morgan fingerprint density at radius 1 is 0.960 bits per heavy atom. The second kappa shape index (κ2) is 8.96. The van der Waals surface area contributed by atoms with E-state index in [2.05, 4.69) is 70.2 Å². The van der Waals surface area contributed by atoms with Gasteiger partial charge >= 0.3 is 0 Å². The highest BCUT2D eigenvalue weighted by Crippen LogP contribution is 2.32. The van der Waals surface area contributed by atoms with E-state index in [1.54, 1.807) is 0 Å². The fourth-order valence-corrected chi connectivity index (χ4v) is 10.1. The van der Waals surface area contributed by atoms with Gasteiger partial charge in [0.25, 0.3) is 0 Å². The van der Waals surface area contributed by atoms with Gasteiger partial charge in [0.2, 0.25) is 0 Å². The first-order valence-electron chi connectivity index (χ1n) is 9.42. The Morgan fingerprint density at radius 2 is 1.64 bits per heavy atom. The van der Waals surface area contributed by atoms with Gasteiger partial charge in [-0.05, 0) is 53.2 Å². The summed E-state index contributed by atoms with van der Waals surface area (Å²) in [5, 5.41) is 11.6. The highest BCUT2D eigenvalue weighted by molar-refractivity contribution is 7.03. The van der Waals surface area contributed by atoms with Crippen molar-refractivity contribution in [1.29, 1.82) is 5.26 Å². The van der Waals surface area contributed by atoms with E-state index in [-0.39, 0.29) is 0 Å². The predicted octanol–water partition coefficient (Wildman–Crippen LogP) is 4.70. The van der Waals surface area contributed by atoms with Gasteiger partial charge < -0.3 is 0 Å². The number of unbranched alkanes of at least 4 members (excludes halogenated alkanes) is 2. The van der Waals surface area contributed by atoms with Crippen molar-refractivity contribution in [3.8, 4) is 6.07 Å². The minimum Gasteiger partial charge on any atom is -0.266 e. The molecule has 0 aliphatic heterocycles. The standard InChI is InChI=1S/C22H30N2Si/c1-18(2)25(19(3)4,22-15-9-11-17-24-22)21-14-8-7-13-20(21)12-6-5-10-16-23/h7-9,11,13-15,17-19H,5-6,10,12H2,1-4H3. The topological polar surface area (TPSA) is 36.7 Å². The Labute approximate surface area is 153 Å². The van der Waals surface area contributed by atoms with E-state index < -0.39 is 8.07 Å². The van der Waals surface area contributed by atoms with Gasteiger partial charge in [-0.15, -0.1) is 0 Å². The van der Waals surface area contributed by atoms with Gasteiger partial charge in [-0.1, -0.05) is 58.0 Å². The van der Waals surface area contributed by atoms with Gasteiger partial charge in [0.1, 0.15) is 8.07 Å². The Balaban J connectivity index is 2.54. The van der Waals surface area contributed by atoms with E-state index in [9.17, 15) is 0 Å². The Kier molecular flexibility index (Phi) is 6.96. The second-order valence-electron chi connectivity index (χ2n) is 7.42. The summed E-state index contributed by atoms with van der Waals surface area (Å²) in [6, 6.07) is 17.6. The van der Waals surface area contributed by atoms with Crippen molar-refractivity contribution in [3.63, 3.8) is 0 Å². The molecule has 0 fully saturated rings. The molecule has 0 amide bonds. The summed E-state index contributed by atoms with van der Waals surface area (Å²) in [7, 11) is -1.99. The lowest BCUT2D eigenvalue weighted by molar-refractivity contribution is 0.754. The largest absolute Gasteiger partial charge is 0.266 e. The van der Waals surface area contributed by atoms with Gasteiger partial charge in [-0.3, -0.25) is 4.98 Å². The fraction of sp³-hybridized carbons (Fsp3) is 0.455. The Morgan fingerprint density at radius 3 is 2.24 bits per heavy atom. The van der Waals surface area contributed by atoms with Crippen LogP contribution in [0.1, 0.15) is 52.5 Å². The normalized spacial score (nSPS) is 11.7. The van der Waals surface area contributed by atoms with E-state index in [4.69, 9.17) is 10.2 Å². The molecule has 0 unspecified atom stereocenters. The lowest BCUT2D eigenvalue weighted by atomic mass is 10.1. The smallest absolute Gasteiger partial charge is 0.146 e. The molecule has 25 heavy (non-hydrogen) atoms. The predicted molar refractivity (Wildman–Crippen MR) is 109 cm³/mol. The van der Waals surface area contributed by atoms with Gasteiger partial charge in [0.05, 0.1) is 6.07 Å². The summed E-state index contributed by atoms with van der Waals surface area (Å²) in [6.07, 6.45) is 5.70. The Hall–Kier alpha value is -1.92. The molecule has 0 saturated heterocycles. The molecule has 1 aromatic heterocycles. The van der Waals surface area contributed by atoms with Crippen LogP contribution in [0.5, 0.6) is 0 Å². The number of aromatic nitrogens is 1. The van der Waals surface area contributed by atoms with Crippen LogP contribution in [-0.2, 0) is 6.42 Å². The summed E-state index contributed by atoms with van der Waals surface area (Å²) in [5.74, 6) is 0. The third-order valence-electron chi connectivity index (χ3n) is 5.36. The molecule has 0 spiro atoms. The van der Waals surface area contributed by atoms with Crippen LogP contribution in [0.25, 0.3) is 0 Å². The van der Waals surface area contributed by atoms with E-state index in [0.29, 0.717) is 17.5 Å². The first kappa shape index (κ1) is 19.4. The molecule has 2 nitrogen and oxygen atoms in total. The van der Waals surface area contributed by atoms with Gasteiger partial charge in [0, 0.05) is 17.9 Å². The minimum atomic E-state index is -1.99. The Bertz CT molecular complexity index is 693. The van der Waals surface area contributed by atoms with Crippen molar-refractivity contribution in [2.75, 3.05) is 0 Å². The maximum Gasteiger partial charge on any atom is 0.146 e. The highest BCUT2D eigenvalue weighted by atomic mass is 28.3. The monoisotopic (exact) mass is 350 g/mol. The first-order chi connectivity index (χ1) is 12.0. The van der Waals surface area contributed by atoms with E-state index >= 15 is 0 Å². The molecule has 0 radical (unpaired) electrons. The summed E-state index contributed by atoms with van der Waals surface area (Å²) >= 11 is 0. The van der Waals surface area contributed by atoms with Crippen molar-refractivity contribution in [2.45, 2.75) is 64.5 Å². The van der Waals surface area contributed by atoms with Crippen LogP contribution < -0.4 is 10.5 Å². The number of aryl methyl sites for hydroxylation is 1. The van der Waals surface area contributed by atoms with Crippen LogP contribution in [0.3, 0.4) is 0 Å². The molecule has 0 aliphatic rings. The van der Waals surface area contributed by atoms with Crippen molar-refractivity contribution >= 4 is 18.6 Å². The molecule has 0 aliphatic carbocycles. The molecular formula is C22H30N2Si. The summed E-state index contributed by atoms with van der Waals surface area (Å²) in [6.45, 7) is 9.47. The van der Waals surface area contributed by atoms with Crippen LogP contribution in [0.4, 0.5) is 0 Å². The molecule has 2 rings (SSSR count). The number of nitrogens with zero attached hydrogens (tertiary/aromatic N) is 2. The quantitative estimate of drug-likeness (QED) is 0.511. The van der Waals surface area contributed by atoms with Crippen molar-refractivity contribution < 1.29 is 0 Å². The van der Waals surface area contributed by atoms with Crippen molar-refractivity contribution in [1.82, 2.24) is 4.98 Å². The van der Waals surface area contributed by atoms with Crippen LogP contribution >= 0.6 is 0 Å². The zero-order valence-corrected chi connectivity index (χ0v) is 17.0. The fourth-order valence-electron chi connectivity index (χ4n) is 4.29. The molecule has 1 aromatic carbocycles. The number of rotatable bonds is 8. The van der Waals surface area contributed by atoms with Crippen LogP contribution in [-0.4, -0.2) is 13.1 Å². The van der Waals surface area contributed by atoms with Gasteiger partial charge in [0.15, 0.2) is 0 Å². The lowest BCUT2D eigenvalue weighted by Crippen LogP contribution is -2.64. The molecule has 1 heterocycles. The average Bonchev–Trinajstić information content (AvgIpc) is 2.61. The summed E-state index contributed by atoms with van der Waals surface area (Å²) in [5.41, 5.74) is 2.60. The molecule has 0 N–H and O–H groups in total. The van der Waals surface area contributed by atoms with Crippen LogP contribution in [0.15, 0.2) is 48.7 Å². The molecular weight excluding hydrogens is 320 g/mol. The van der Waals surface area contributed by atoms with Crippen LogP contribution in [0.2, 0.25) is 11.1 Å². The average molecular weight is 351 g/mol. The zero-order chi connectivity index (χ0) is 18.3. The van der Waals surface area contributed by atoms with E-state index in [0.717, 1.165) is 19.3 Å². The maximum absolute atomic E-state index is 8.79. The lowest BCUT2D eigenvalue weighted by Gasteiger charge is -2.40. The highest BCUT2D eigenvalue weighted by Gasteiger charge is 2.45. The number of benzene rings is 1. The first-order valence-corrected chi connectivity index (χ1v) is 11.6. The second-order valence-corrected chi connectivity index (χ2v) is 12.5. The maximum atomic E-state index is 8.79. The number of hydrogen-bond donors (Lipinski definition) is 0. The zero-order valence-electron chi connectivity index (χ0n) is 16.0. The number of nitriles is 1. The molecule has 132 valence electrons. The van der Waals surface area contributed by atoms with Gasteiger partial charge in [-0.2, -0.15) is 5.26 Å².